The Morgan fingerprint density at radius 2 is 1.81 bits per heavy atom. The Labute approximate surface area is 177 Å². The first-order chi connectivity index (χ1) is 14.9. The standard InChI is InChI=1S/C20H17F7N4O/c1-30(15-9-12(21)4-5-28-15)18(32)17-10-2-3-13(6-10)31(17)16-8-11(19(22,23)24)7-14(29-16)20(25,26)27/h4-5,7-10,13,17H,2-3,6H2,1H3/t10-,13+,17-/m0/s1. The molecule has 2 bridgehead atoms. The molecular formula is C20H17F7N4O. The maximum atomic E-state index is 13.6. The maximum Gasteiger partial charge on any atom is 0.433 e. The van der Waals surface area contributed by atoms with Crippen LogP contribution in [-0.4, -0.2) is 35.0 Å². The third kappa shape index (κ3) is 3.97. The second-order valence-corrected chi connectivity index (χ2v) is 7.90. The van der Waals surface area contributed by atoms with E-state index in [0.29, 0.717) is 25.3 Å². The molecule has 32 heavy (non-hydrogen) atoms. The summed E-state index contributed by atoms with van der Waals surface area (Å²) in [6, 6.07) is 1.12. The van der Waals surface area contributed by atoms with Crippen molar-refractivity contribution in [3.05, 3.63) is 47.5 Å². The lowest BCUT2D eigenvalue weighted by molar-refractivity contribution is -0.145. The van der Waals surface area contributed by atoms with E-state index in [-0.39, 0.29) is 17.8 Å². The highest BCUT2D eigenvalue weighted by molar-refractivity contribution is 5.98. The highest BCUT2D eigenvalue weighted by Crippen LogP contribution is 2.46. The van der Waals surface area contributed by atoms with Crippen molar-refractivity contribution in [3.8, 4) is 0 Å². The van der Waals surface area contributed by atoms with E-state index in [1.54, 1.807) is 0 Å². The van der Waals surface area contributed by atoms with Crippen LogP contribution < -0.4 is 9.80 Å². The molecule has 5 nitrogen and oxygen atoms in total. The van der Waals surface area contributed by atoms with E-state index in [0.717, 1.165) is 23.2 Å². The summed E-state index contributed by atoms with van der Waals surface area (Å²) < 4.78 is 93.4. The molecule has 12 heteroatoms. The first-order valence-electron chi connectivity index (χ1n) is 9.70. The molecule has 2 fully saturated rings. The Morgan fingerprint density at radius 3 is 2.44 bits per heavy atom. The van der Waals surface area contributed by atoms with Gasteiger partial charge in [-0.25, -0.2) is 14.4 Å². The number of rotatable bonds is 3. The summed E-state index contributed by atoms with van der Waals surface area (Å²) in [5, 5.41) is 0. The van der Waals surface area contributed by atoms with Gasteiger partial charge in [0.05, 0.1) is 5.56 Å². The second-order valence-electron chi connectivity index (χ2n) is 7.90. The van der Waals surface area contributed by atoms with Gasteiger partial charge < -0.3 is 4.90 Å². The minimum atomic E-state index is -5.10. The molecule has 3 heterocycles. The van der Waals surface area contributed by atoms with E-state index < -0.39 is 53.2 Å². The maximum absolute atomic E-state index is 13.6. The van der Waals surface area contributed by atoms with Crippen LogP contribution in [0.2, 0.25) is 0 Å². The quantitative estimate of drug-likeness (QED) is 0.622. The zero-order chi connectivity index (χ0) is 23.4. The van der Waals surface area contributed by atoms with Crippen molar-refractivity contribution in [1.82, 2.24) is 9.97 Å². The molecule has 0 spiro atoms. The number of fused-ring (bicyclic) bond motifs is 2. The lowest BCUT2D eigenvalue weighted by Gasteiger charge is -2.37. The summed E-state index contributed by atoms with van der Waals surface area (Å²) >= 11 is 0. The number of amides is 1. The minimum absolute atomic E-state index is 0.0225. The summed E-state index contributed by atoms with van der Waals surface area (Å²) in [5.74, 6) is -2.12. The van der Waals surface area contributed by atoms with Crippen molar-refractivity contribution in [1.29, 1.82) is 0 Å². The summed E-state index contributed by atoms with van der Waals surface area (Å²) in [4.78, 5) is 22.9. The molecule has 1 saturated carbocycles. The minimum Gasteiger partial charge on any atom is -0.341 e. The molecule has 0 radical (unpaired) electrons. The number of hydrogen-bond donors (Lipinski definition) is 0. The summed E-state index contributed by atoms with van der Waals surface area (Å²) in [7, 11) is 1.33. The Hall–Kier alpha value is -2.92. The third-order valence-electron chi connectivity index (χ3n) is 5.91. The Kier molecular flexibility index (Phi) is 5.29. The van der Waals surface area contributed by atoms with Crippen molar-refractivity contribution in [3.63, 3.8) is 0 Å². The summed E-state index contributed by atoms with van der Waals surface area (Å²) in [6.45, 7) is 0. The van der Waals surface area contributed by atoms with Gasteiger partial charge in [0.2, 0.25) is 0 Å². The molecule has 172 valence electrons. The summed E-state index contributed by atoms with van der Waals surface area (Å²) in [5.41, 5.74) is -3.18. The Bertz CT molecular complexity index is 1010. The number of carbonyl (C=O) groups is 1. The number of pyridine rings is 2. The topological polar surface area (TPSA) is 49.3 Å². The monoisotopic (exact) mass is 462 g/mol. The number of aromatic nitrogens is 2. The Balaban J connectivity index is 1.76. The highest BCUT2D eigenvalue weighted by atomic mass is 19.4. The Morgan fingerprint density at radius 1 is 1.09 bits per heavy atom. The van der Waals surface area contributed by atoms with Gasteiger partial charge in [0.25, 0.3) is 5.91 Å². The van der Waals surface area contributed by atoms with Crippen molar-refractivity contribution in [2.24, 2.45) is 5.92 Å². The molecule has 0 unspecified atom stereocenters. The average Bonchev–Trinajstić information content (AvgIpc) is 3.32. The van der Waals surface area contributed by atoms with Gasteiger partial charge in [-0.1, -0.05) is 0 Å². The van der Waals surface area contributed by atoms with Crippen LogP contribution in [-0.2, 0) is 17.1 Å². The lowest BCUT2D eigenvalue weighted by atomic mass is 9.97. The first kappa shape index (κ1) is 22.3. The number of piperidine rings is 1. The number of halogens is 7. The van der Waals surface area contributed by atoms with Crippen molar-refractivity contribution < 1.29 is 35.5 Å². The highest BCUT2D eigenvalue weighted by Gasteiger charge is 2.51. The molecule has 0 aromatic carbocycles. The second kappa shape index (κ2) is 7.59. The molecule has 1 amide bonds. The molecule has 1 aliphatic carbocycles. The van der Waals surface area contributed by atoms with Gasteiger partial charge in [0, 0.05) is 25.4 Å². The molecule has 2 aliphatic rings. The average molecular weight is 462 g/mol. The number of carbonyl (C=O) groups excluding carboxylic acids is 1. The van der Waals surface area contributed by atoms with E-state index in [9.17, 15) is 35.5 Å². The van der Waals surface area contributed by atoms with Crippen LogP contribution in [0.3, 0.4) is 0 Å². The van der Waals surface area contributed by atoms with Crippen LogP contribution in [0.15, 0.2) is 30.5 Å². The van der Waals surface area contributed by atoms with Crippen LogP contribution in [0.1, 0.15) is 30.5 Å². The zero-order valence-electron chi connectivity index (χ0n) is 16.6. The van der Waals surface area contributed by atoms with Crippen molar-refractivity contribution in [2.45, 2.75) is 43.7 Å². The fraction of sp³-hybridized carbons (Fsp3) is 0.450. The number of likely N-dealkylation sites (N-methyl/N-ethyl adjacent to an activating group) is 1. The van der Waals surface area contributed by atoms with Gasteiger partial charge in [-0.05, 0) is 43.4 Å². The van der Waals surface area contributed by atoms with Crippen LogP contribution in [0.4, 0.5) is 42.4 Å². The van der Waals surface area contributed by atoms with Crippen LogP contribution in [0.25, 0.3) is 0 Å². The van der Waals surface area contributed by atoms with Crippen LogP contribution in [0, 0.1) is 11.7 Å². The number of hydrogen-bond acceptors (Lipinski definition) is 4. The lowest BCUT2D eigenvalue weighted by Crippen LogP contribution is -2.51. The molecular weight excluding hydrogens is 445 g/mol. The molecule has 1 aliphatic heterocycles. The van der Waals surface area contributed by atoms with Gasteiger partial charge in [0.15, 0.2) is 0 Å². The van der Waals surface area contributed by atoms with E-state index in [2.05, 4.69) is 9.97 Å². The molecule has 2 aromatic rings. The smallest absolute Gasteiger partial charge is 0.341 e. The van der Waals surface area contributed by atoms with Gasteiger partial charge in [-0.2, -0.15) is 26.3 Å². The first-order valence-corrected chi connectivity index (χ1v) is 9.70. The number of alkyl halides is 6. The third-order valence-corrected chi connectivity index (χ3v) is 5.91. The predicted octanol–water partition coefficient (Wildman–Crippen LogP) is 4.67. The summed E-state index contributed by atoms with van der Waals surface area (Å²) in [6.07, 6.45) is -7.45. The largest absolute Gasteiger partial charge is 0.433 e. The molecule has 2 aromatic heterocycles. The number of anilines is 2. The molecule has 0 N–H and O–H groups in total. The normalized spacial score (nSPS) is 23.0. The molecule has 3 atom stereocenters. The van der Waals surface area contributed by atoms with Gasteiger partial charge in [-0.15, -0.1) is 0 Å². The van der Waals surface area contributed by atoms with E-state index in [4.69, 9.17) is 0 Å². The van der Waals surface area contributed by atoms with Crippen LogP contribution in [0.5, 0.6) is 0 Å². The molecule has 4 rings (SSSR count). The van der Waals surface area contributed by atoms with E-state index in [1.807, 2.05) is 0 Å². The van der Waals surface area contributed by atoms with E-state index >= 15 is 0 Å². The fourth-order valence-electron chi connectivity index (χ4n) is 4.48. The van der Waals surface area contributed by atoms with Crippen molar-refractivity contribution >= 4 is 17.5 Å². The van der Waals surface area contributed by atoms with Gasteiger partial charge in [-0.3, -0.25) is 9.69 Å². The number of nitrogens with zero attached hydrogens (tertiary/aromatic N) is 4. The van der Waals surface area contributed by atoms with Crippen molar-refractivity contribution in [2.75, 3.05) is 16.8 Å². The SMILES string of the molecule is CN(C(=O)[C@@H]1[C@H]2CC[C@H](C2)N1c1cc(C(F)(F)F)cc(C(F)(F)F)n1)c1cc(F)ccn1. The van der Waals surface area contributed by atoms with Crippen LogP contribution >= 0.6 is 0 Å². The molecule has 1 saturated heterocycles. The predicted molar refractivity (Wildman–Crippen MR) is 99.2 cm³/mol. The van der Waals surface area contributed by atoms with Gasteiger partial charge >= 0.3 is 12.4 Å². The fourth-order valence-corrected chi connectivity index (χ4v) is 4.48. The zero-order valence-corrected chi connectivity index (χ0v) is 16.6. The van der Waals surface area contributed by atoms with E-state index in [1.165, 1.54) is 11.9 Å². The van der Waals surface area contributed by atoms with Gasteiger partial charge in [0.1, 0.15) is 29.2 Å².